The lowest BCUT2D eigenvalue weighted by atomic mass is 10.00. The van der Waals surface area contributed by atoms with Crippen molar-refractivity contribution < 1.29 is 19.1 Å². The maximum absolute atomic E-state index is 10.6. The lowest BCUT2D eigenvalue weighted by Gasteiger charge is -2.44. The van der Waals surface area contributed by atoms with Crippen molar-refractivity contribution in [3.05, 3.63) is 0 Å². The van der Waals surface area contributed by atoms with Gasteiger partial charge in [0.25, 0.3) is 0 Å². The van der Waals surface area contributed by atoms with Gasteiger partial charge in [-0.2, -0.15) is 0 Å². The first-order valence-corrected chi connectivity index (χ1v) is 15.5. The van der Waals surface area contributed by atoms with Gasteiger partial charge in [0.2, 0.25) is 0 Å². The largest absolute Gasteiger partial charge is 0.411 e. The van der Waals surface area contributed by atoms with E-state index in [9.17, 15) is 10.2 Å². The van der Waals surface area contributed by atoms with Gasteiger partial charge >= 0.3 is 0 Å². The van der Waals surface area contributed by atoms with Gasteiger partial charge in [-0.25, -0.2) is 0 Å². The number of hydrogen-bond donors (Lipinski definition) is 2. The molecule has 0 aromatic heterocycles. The fourth-order valence-electron chi connectivity index (χ4n) is 2.90. The Morgan fingerprint density at radius 3 is 1.72 bits per heavy atom. The number of rotatable bonds is 6. The molecular formula is C19H42O4Si2. The van der Waals surface area contributed by atoms with Gasteiger partial charge in [-0.05, 0) is 42.7 Å². The second-order valence-electron chi connectivity index (χ2n) is 10.7. The summed E-state index contributed by atoms with van der Waals surface area (Å²) in [6.45, 7) is 22.5. The zero-order valence-corrected chi connectivity index (χ0v) is 20.1. The molecular weight excluding hydrogens is 348 g/mol. The zero-order chi connectivity index (χ0) is 19.8. The summed E-state index contributed by atoms with van der Waals surface area (Å²) < 4.78 is 13.4. The third-order valence-corrected chi connectivity index (χ3v) is 15.7. The van der Waals surface area contributed by atoms with E-state index in [0.717, 1.165) is 0 Å². The molecule has 0 heterocycles. The van der Waals surface area contributed by atoms with Crippen LogP contribution in [0.25, 0.3) is 0 Å². The van der Waals surface area contributed by atoms with Crippen LogP contribution in [0.3, 0.4) is 0 Å². The Labute approximate surface area is 157 Å². The van der Waals surface area contributed by atoms with Crippen molar-refractivity contribution in [1.82, 2.24) is 0 Å². The molecule has 25 heavy (non-hydrogen) atoms. The minimum absolute atomic E-state index is 0.0473. The lowest BCUT2D eigenvalue weighted by molar-refractivity contribution is 0.0192. The highest BCUT2D eigenvalue weighted by atomic mass is 28.4. The molecule has 1 rings (SSSR count). The average molecular weight is 391 g/mol. The Morgan fingerprint density at radius 2 is 1.32 bits per heavy atom. The first kappa shape index (κ1) is 23.3. The van der Waals surface area contributed by atoms with Crippen LogP contribution in [-0.2, 0) is 8.85 Å². The molecule has 1 saturated carbocycles. The van der Waals surface area contributed by atoms with Gasteiger partial charge in [0.15, 0.2) is 16.6 Å². The molecule has 0 spiro atoms. The molecule has 0 radical (unpaired) electrons. The van der Waals surface area contributed by atoms with Crippen LogP contribution in [0.1, 0.15) is 54.4 Å². The monoisotopic (exact) mass is 390 g/mol. The molecule has 0 bridgehead atoms. The maximum atomic E-state index is 10.6. The predicted octanol–water partition coefficient (Wildman–Crippen LogP) is 4.53. The summed E-state index contributed by atoms with van der Waals surface area (Å²) in [5.74, 6) is -0.0473. The minimum Gasteiger partial charge on any atom is -0.411 e. The van der Waals surface area contributed by atoms with Crippen molar-refractivity contribution in [1.29, 1.82) is 0 Å². The third-order valence-electron chi connectivity index (χ3n) is 6.71. The summed E-state index contributed by atoms with van der Waals surface area (Å²) in [5.41, 5.74) is 0. The Bertz CT molecular complexity index is 438. The van der Waals surface area contributed by atoms with E-state index in [1.807, 2.05) is 0 Å². The van der Waals surface area contributed by atoms with Crippen LogP contribution in [0.15, 0.2) is 0 Å². The summed E-state index contributed by atoms with van der Waals surface area (Å²) in [5, 5.41) is 20.3. The maximum Gasteiger partial charge on any atom is 0.192 e. The van der Waals surface area contributed by atoms with Gasteiger partial charge in [0.1, 0.15) is 0 Å². The fraction of sp³-hybridized carbons (Fsp3) is 1.00. The van der Waals surface area contributed by atoms with Gasteiger partial charge in [-0.3, -0.25) is 0 Å². The summed E-state index contributed by atoms with van der Waals surface area (Å²) in [7, 11) is -3.94. The van der Waals surface area contributed by atoms with Crippen molar-refractivity contribution >= 4 is 16.6 Å². The van der Waals surface area contributed by atoms with Gasteiger partial charge in [0, 0.05) is 18.9 Å². The Balaban J connectivity index is 3.10. The van der Waals surface area contributed by atoms with Gasteiger partial charge < -0.3 is 19.1 Å². The van der Waals surface area contributed by atoms with Crippen LogP contribution in [-0.4, -0.2) is 51.8 Å². The van der Waals surface area contributed by atoms with E-state index < -0.39 is 22.7 Å². The molecule has 2 N–H and O–H groups in total. The molecule has 1 aliphatic rings. The number of hydrogen-bond acceptors (Lipinski definition) is 4. The molecule has 0 unspecified atom stereocenters. The number of aliphatic hydroxyl groups excluding tert-OH is 2. The summed E-state index contributed by atoms with van der Waals surface area (Å²) in [6.07, 6.45) is 0.504. The smallest absolute Gasteiger partial charge is 0.192 e. The van der Waals surface area contributed by atoms with E-state index in [4.69, 9.17) is 8.85 Å². The van der Waals surface area contributed by atoms with Crippen molar-refractivity contribution in [2.24, 2.45) is 5.92 Å². The average Bonchev–Trinajstić information content (AvgIpc) is 2.63. The van der Waals surface area contributed by atoms with E-state index >= 15 is 0 Å². The topological polar surface area (TPSA) is 58.9 Å². The fourth-order valence-corrected chi connectivity index (χ4v) is 5.60. The van der Waals surface area contributed by atoms with Crippen LogP contribution < -0.4 is 0 Å². The van der Waals surface area contributed by atoms with Crippen molar-refractivity contribution in [3.8, 4) is 0 Å². The first-order valence-electron chi connectivity index (χ1n) is 9.68. The molecule has 1 aliphatic carbocycles. The minimum atomic E-state index is -1.99. The highest BCUT2D eigenvalue weighted by Gasteiger charge is 2.51. The first-order chi connectivity index (χ1) is 11.0. The Kier molecular flexibility index (Phi) is 7.20. The second kappa shape index (κ2) is 7.72. The highest BCUT2D eigenvalue weighted by molar-refractivity contribution is 6.74. The summed E-state index contributed by atoms with van der Waals surface area (Å²) in [4.78, 5) is 0. The van der Waals surface area contributed by atoms with Crippen molar-refractivity contribution in [2.45, 2.75) is 109 Å². The van der Waals surface area contributed by atoms with Gasteiger partial charge in [0.05, 0.1) is 18.3 Å². The van der Waals surface area contributed by atoms with Crippen LogP contribution in [0.2, 0.25) is 36.3 Å². The molecule has 150 valence electrons. The molecule has 4 nitrogen and oxygen atoms in total. The SMILES string of the molecule is CC(C)(C)[Si](C)(C)O[C@H]1[C@H](CCO)[C@H](O)C[C@H]1O[Si](C)(C)C(C)(C)C. The molecule has 0 aromatic carbocycles. The van der Waals surface area contributed by atoms with Gasteiger partial charge in [-0.1, -0.05) is 41.5 Å². The molecule has 0 aromatic rings. The van der Waals surface area contributed by atoms with Crippen LogP contribution in [0.5, 0.6) is 0 Å². The van der Waals surface area contributed by atoms with E-state index in [0.29, 0.717) is 12.8 Å². The lowest BCUT2D eigenvalue weighted by Crippen LogP contribution is -2.51. The molecule has 0 amide bonds. The number of aliphatic hydroxyl groups is 2. The van der Waals surface area contributed by atoms with E-state index in [1.54, 1.807) is 0 Å². The molecule has 1 fully saturated rings. The van der Waals surface area contributed by atoms with E-state index in [-0.39, 0.29) is 34.8 Å². The Morgan fingerprint density at radius 1 is 0.880 bits per heavy atom. The Hall–Kier alpha value is 0.274. The van der Waals surface area contributed by atoms with Crippen molar-refractivity contribution in [3.63, 3.8) is 0 Å². The van der Waals surface area contributed by atoms with Crippen LogP contribution in [0, 0.1) is 5.92 Å². The van der Waals surface area contributed by atoms with Gasteiger partial charge in [-0.15, -0.1) is 0 Å². The van der Waals surface area contributed by atoms with E-state index in [2.05, 4.69) is 67.7 Å². The predicted molar refractivity (Wildman–Crippen MR) is 110 cm³/mol. The van der Waals surface area contributed by atoms with Crippen LogP contribution >= 0.6 is 0 Å². The zero-order valence-electron chi connectivity index (χ0n) is 18.1. The summed E-state index contributed by atoms with van der Waals surface area (Å²) in [6, 6.07) is 0. The second-order valence-corrected chi connectivity index (χ2v) is 20.3. The van der Waals surface area contributed by atoms with E-state index in [1.165, 1.54) is 0 Å². The van der Waals surface area contributed by atoms with Crippen molar-refractivity contribution in [2.75, 3.05) is 6.61 Å². The molecule has 0 saturated heterocycles. The molecule has 0 aliphatic heterocycles. The molecule has 4 atom stereocenters. The molecule has 6 heteroatoms. The third kappa shape index (κ3) is 5.39. The normalized spacial score (nSPS) is 29.3. The van der Waals surface area contributed by atoms with Crippen LogP contribution in [0.4, 0.5) is 0 Å². The highest BCUT2D eigenvalue weighted by Crippen LogP contribution is 2.45. The standard InChI is InChI=1S/C19H42O4Si2/c1-18(2,3)24(7,8)22-16-13-15(21)14(11-12-20)17(16)23-25(9,10)19(4,5)6/h14-17,20-21H,11-13H2,1-10H3/t14-,15-,16-,17+/m1/s1. The quantitative estimate of drug-likeness (QED) is 0.654. The summed E-state index contributed by atoms with van der Waals surface area (Å²) >= 11 is 0.